The number of pyridine rings is 1. The molecule has 0 spiro atoms. The quantitative estimate of drug-likeness (QED) is 0.315. The molecular weight excluding hydrogens is 392 g/mol. The van der Waals surface area contributed by atoms with Crippen LogP contribution in [0.25, 0.3) is 5.76 Å². The Labute approximate surface area is 174 Å². The van der Waals surface area contributed by atoms with Gasteiger partial charge < -0.3 is 14.7 Å². The molecular formula is C22H23ClN2O4. The van der Waals surface area contributed by atoms with Gasteiger partial charge in [-0.05, 0) is 36.2 Å². The molecule has 1 atom stereocenters. The molecule has 0 aliphatic carbocycles. The van der Waals surface area contributed by atoms with E-state index in [1.54, 1.807) is 42.7 Å². The minimum Gasteiger partial charge on any atom is -0.507 e. The Hall–Kier alpha value is -2.86. The van der Waals surface area contributed by atoms with Crippen molar-refractivity contribution in [2.24, 2.45) is 0 Å². The number of unbranched alkanes of at least 4 members (excludes halogenated alkanes) is 2. The van der Waals surface area contributed by atoms with Gasteiger partial charge in [-0.25, -0.2) is 0 Å². The van der Waals surface area contributed by atoms with Crippen molar-refractivity contribution < 1.29 is 19.4 Å². The van der Waals surface area contributed by atoms with Crippen molar-refractivity contribution in [2.45, 2.75) is 32.2 Å². The zero-order chi connectivity index (χ0) is 21.0. The molecule has 1 aliphatic rings. The van der Waals surface area contributed by atoms with E-state index >= 15 is 0 Å². The molecule has 0 bridgehead atoms. The fourth-order valence-corrected chi connectivity index (χ4v) is 3.68. The lowest BCUT2D eigenvalue weighted by Gasteiger charge is -2.25. The number of halogens is 1. The van der Waals surface area contributed by atoms with Gasteiger partial charge in [0.15, 0.2) is 0 Å². The van der Waals surface area contributed by atoms with E-state index < -0.39 is 17.7 Å². The standard InChI is InChI=1S/C22H23ClN2O4/c1-3-4-5-11-25-19(15-7-6-10-24-13-15)18(21(27)22(25)28)20(26)14-8-9-16(23)17(12-14)29-2/h6-10,12-13,19,26H,3-5,11H2,1-2H3/b20-18-. The molecule has 1 saturated heterocycles. The first kappa shape index (κ1) is 20.9. The van der Waals surface area contributed by atoms with Gasteiger partial charge in [0.25, 0.3) is 11.7 Å². The van der Waals surface area contributed by atoms with Gasteiger partial charge in [-0.2, -0.15) is 0 Å². The van der Waals surface area contributed by atoms with Crippen molar-refractivity contribution in [1.82, 2.24) is 9.88 Å². The Morgan fingerprint density at radius 2 is 2.07 bits per heavy atom. The Morgan fingerprint density at radius 3 is 2.72 bits per heavy atom. The molecule has 3 rings (SSSR count). The van der Waals surface area contributed by atoms with E-state index in [2.05, 4.69) is 11.9 Å². The van der Waals surface area contributed by atoms with Gasteiger partial charge in [-0.1, -0.05) is 37.4 Å². The zero-order valence-corrected chi connectivity index (χ0v) is 17.1. The average molecular weight is 415 g/mol. The summed E-state index contributed by atoms with van der Waals surface area (Å²) in [6.45, 7) is 2.50. The van der Waals surface area contributed by atoms with Gasteiger partial charge in [-0.3, -0.25) is 14.6 Å². The molecule has 1 N–H and O–H groups in total. The van der Waals surface area contributed by atoms with Crippen LogP contribution in [0, 0.1) is 0 Å². The largest absolute Gasteiger partial charge is 0.507 e. The van der Waals surface area contributed by atoms with Crippen LogP contribution in [0.4, 0.5) is 0 Å². The van der Waals surface area contributed by atoms with Crippen LogP contribution < -0.4 is 4.74 Å². The Kier molecular flexibility index (Phi) is 6.54. The van der Waals surface area contributed by atoms with E-state index in [4.69, 9.17) is 16.3 Å². The van der Waals surface area contributed by atoms with Crippen molar-refractivity contribution >= 4 is 29.1 Å². The third kappa shape index (κ3) is 4.12. The summed E-state index contributed by atoms with van der Waals surface area (Å²) in [4.78, 5) is 31.3. The highest BCUT2D eigenvalue weighted by molar-refractivity contribution is 6.46. The highest BCUT2D eigenvalue weighted by Gasteiger charge is 2.45. The van der Waals surface area contributed by atoms with E-state index in [1.165, 1.54) is 12.0 Å². The molecule has 0 saturated carbocycles. The summed E-state index contributed by atoms with van der Waals surface area (Å²) in [7, 11) is 1.47. The lowest BCUT2D eigenvalue weighted by atomic mass is 9.96. The number of rotatable bonds is 7. The molecule has 2 heterocycles. The number of Topliss-reactive ketones (excluding diaryl/α,β-unsaturated/α-hetero) is 1. The molecule has 2 aromatic rings. The van der Waals surface area contributed by atoms with Crippen LogP contribution in [0.5, 0.6) is 5.75 Å². The van der Waals surface area contributed by atoms with Crippen LogP contribution in [0.3, 0.4) is 0 Å². The van der Waals surface area contributed by atoms with Crippen LogP contribution in [-0.2, 0) is 9.59 Å². The number of aromatic nitrogens is 1. The number of methoxy groups -OCH3 is 1. The first-order valence-corrected chi connectivity index (χ1v) is 9.89. The van der Waals surface area contributed by atoms with Gasteiger partial charge in [0.2, 0.25) is 0 Å². The molecule has 6 nitrogen and oxygen atoms in total. The number of aliphatic hydroxyl groups excluding tert-OH is 1. The van der Waals surface area contributed by atoms with Gasteiger partial charge in [0.1, 0.15) is 11.5 Å². The number of aliphatic hydroxyl groups is 1. The second-order valence-electron chi connectivity index (χ2n) is 6.84. The smallest absolute Gasteiger partial charge is 0.295 e. The van der Waals surface area contributed by atoms with Gasteiger partial charge >= 0.3 is 0 Å². The van der Waals surface area contributed by atoms with E-state index in [1.807, 2.05) is 0 Å². The number of likely N-dealkylation sites (tertiary alicyclic amines) is 1. The number of nitrogens with zero attached hydrogens (tertiary/aromatic N) is 2. The predicted molar refractivity (Wildman–Crippen MR) is 111 cm³/mol. The molecule has 1 unspecified atom stereocenters. The SMILES string of the molecule is CCCCCN1C(=O)C(=O)/C(=C(\O)c2ccc(Cl)c(OC)c2)C1c1cccnc1. The monoisotopic (exact) mass is 414 g/mol. The minimum absolute atomic E-state index is 0.0453. The summed E-state index contributed by atoms with van der Waals surface area (Å²) in [6, 6.07) is 7.56. The molecule has 1 aromatic carbocycles. The fraction of sp³-hybridized carbons (Fsp3) is 0.318. The van der Waals surface area contributed by atoms with Crippen molar-refractivity contribution in [3.8, 4) is 5.75 Å². The maximum absolute atomic E-state index is 12.9. The van der Waals surface area contributed by atoms with Crippen LogP contribution in [-0.4, -0.2) is 40.3 Å². The Bertz CT molecular complexity index is 943. The number of ether oxygens (including phenoxy) is 1. The summed E-state index contributed by atoms with van der Waals surface area (Å²) < 4.78 is 5.21. The van der Waals surface area contributed by atoms with Crippen molar-refractivity contribution in [2.75, 3.05) is 13.7 Å². The first-order chi connectivity index (χ1) is 14.0. The van der Waals surface area contributed by atoms with E-state index in [0.29, 0.717) is 28.4 Å². The summed E-state index contributed by atoms with van der Waals surface area (Å²) in [6.07, 6.45) is 5.94. The molecule has 1 fully saturated rings. The molecule has 29 heavy (non-hydrogen) atoms. The lowest BCUT2D eigenvalue weighted by molar-refractivity contribution is -0.139. The van der Waals surface area contributed by atoms with E-state index in [0.717, 1.165) is 19.3 Å². The molecule has 1 amide bonds. The van der Waals surface area contributed by atoms with Crippen molar-refractivity contribution in [3.05, 3.63) is 64.4 Å². The number of benzene rings is 1. The van der Waals surface area contributed by atoms with Crippen LogP contribution in [0.15, 0.2) is 48.3 Å². The maximum Gasteiger partial charge on any atom is 0.295 e. The number of hydrogen-bond donors (Lipinski definition) is 1. The number of carbonyl (C=O) groups excluding carboxylic acids is 2. The summed E-state index contributed by atoms with van der Waals surface area (Å²) in [5, 5.41) is 11.4. The molecule has 152 valence electrons. The van der Waals surface area contributed by atoms with E-state index in [9.17, 15) is 14.7 Å². The summed E-state index contributed by atoms with van der Waals surface area (Å²) in [5.41, 5.74) is 1.07. The molecule has 0 radical (unpaired) electrons. The number of ketones is 1. The number of amides is 1. The minimum atomic E-state index is -0.707. The average Bonchev–Trinajstić information content (AvgIpc) is 2.99. The summed E-state index contributed by atoms with van der Waals surface area (Å²) in [5.74, 6) is -1.21. The maximum atomic E-state index is 12.9. The van der Waals surface area contributed by atoms with E-state index in [-0.39, 0.29) is 11.3 Å². The van der Waals surface area contributed by atoms with Crippen LogP contribution in [0.2, 0.25) is 5.02 Å². The third-order valence-corrected chi connectivity index (χ3v) is 5.28. The first-order valence-electron chi connectivity index (χ1n) is 9.51. The molecule has 1 aromatic heterocycles. The highest BCUT2D eigenvalue weighted by Crippen LogP contribution is 2.40. The van der Waals surface area contributed by atoms with Crippen LogP contribution >= 0.6 is 11.6 Å². The topological polar surface area (TPSA) is 79.7 Å². The van der Waals surface area contributed by atoms with Gasteiger partial charge in [0.05, 0.1) is 23.7 Å². The normalized spacial score (nSPS) is 18.3. The third-order valence-electron chi connectivity index (χ3n) is 4.97. The lowest BCUT2D eigenvalue weighted by Crippen LogP contribution is -2.30. The molecule has 7 heteroatoms. The molecule has 1 aliphatic heterocycles. The van der Waals surface area contributed by atoms with Gasteiger partial charge in [-0.15, -0.1) is 0 Å². The number of carbonyl (C=O) groups is 2. The second kappa shape index (κ2) is 9.09. The predicted octanol–water partition coefficient (Wildman–Crippen LogP) is 4.36. The zero-order valence-electron chi connectivity index (χ0n) is 16.4. The van der Waals surface area contributed by atoms with Gasteiger partial charge in [0, 0.05) is 24.5 Å². The Morgan fingerprint density at radius 1 is 1.28 bits per heavy atom. The summed E-state index contributed by atoms with van der Waals surface area (Å²) >= 11 is 6.07. The fourth-order valence-electron chi connectivity index (χ4n) is 3.49. The van der Waals surface area contributed by atoms with Crippen LogP contribution in [0.1, 0.15) is 43.4 Å². The second-order valence-corrected chi connectivity index (χ2v) is 7.24. The van der Waals surface area contributed by atoms with Crippen molar-refractivity contribution in [3.63, 3.8) is 0 Å². The van der Waals surface area contributed by atoms with Crippen molar-refractivity contribution in [1.29, 1.82) is 0 Å². The highest BCUT2D eigenvalue weighted by atomic mass is 35.5. The Balaban J connectivity index is 2.12. The number of hydrogen-bond acceptors (Lipinski definition) is 5.